The maximum atomic E-state index is 5.55. The van der Waals surface area contributed by atoms with E-state index in [1.54, 1.807) is 77.9 Å². The third-order valence-corrected chi connectivity index (χ3v) is 17.6. The van der Waals surface area contributed by atoms with Crippen LogP contribution in [0.4, 0.5) is 0 Å². The molecule has 1 aliphatic heterocycles. The summed E-state index contributed by atoms with van der Waals surface area (Å²) in [6.07, 6.45) is 39.8. The van der Waals surface area contributed by atoms with Crippen molar-refractivity contribution in [2.45, 2.75) is 359 Å². The lowest BCUT2D eigenvalue weighted by atomic mass is 9.92. The smallest absolute Gasteiger partial charge is 0.122 e. The summed E-state index contributed by atoms with van der Waals surface area (Å²) in [6.45, 7) is 52.9. The molecule has 0 atom stereocenters. The standard InChI is InChI=1S/2C11H14.C10H12O.2C10H12.3C9H10.8C4H10/c2*1-2-6-10-8-4-5-9-11(10)7-3-1;1-2-7-10-9(5-1)6-3-4-8-11-10;2*1-2-6-10-8-4-3-7-9(10)5-1;3*1-2-5-9-7-3-6-8(9)4-1;8*1-4(2)3/h2*4-5,8-9H,1-3,6-7H2;1-2,5,7H,3-4,6,8H2;2*1-2,5-6H,3-4,7-8H2;3*1-2,4-5H,3,6-7H2;8*4H,1-3H3. The molecule has 0 saturated carbocycles. The van der Waals surface area contributed by atoms with Gasteiger partial charge in [-0.3, -0.25) is 0 Å². The topological polar surface area (TPSA) is 9.23 Å². The maximum Gasteiger partial charge on any atom is 0.122 e. The van der Waals surface area contributed by atoms with Gasteiger partial charge in [0.1, 0.15) is 5.75 Å². The molecule has 8 aromatic rings. The van der Waals surface area contributed by atoms with Crippen molar-refractivity contribution in [2.24, 2.45) is 47.3 Å². The quantitative estimate of drug-likeness (QED) is 0.138. The van der Waals surface area contributed by atoms with Gasteiger partial charge in [-0.05, 0) is 317 Å². The van der Waals surface area contributed by atoms with Crippen LogP contribution in [-0.4, -0.2) is 6.61 Å². The minimum atomic E-state index is 0.833. The summed E-state index contributed by atoms with van der Waals surface area (Å²) in [6, 6.07) is 69.9. The second-order valence-corrected chi connectivity index (χ2v) is 37.2. The average molecular weight is 1520 g/mol. The van der Waals surface area contributed by atoms with Crippen molar-refractivity contribution >= 4 is 0 Å². The molecule has 1 heterocycles. The number of aryl methyl sites for hydroxylation is 15. The van der Waals surface area contributed by atoms with Crippen LogP contribution in [0.2, 0.25) is 0 Å². The van der Waals surface area contributed by atoms with E-state index in [-0.39, 0.29) is 0 Å². The lowest BCUT2D eigenvalue weighted by molar-refractivity contribution is 0.317. The largest absolute Gasteiger partial charge is 0.493 e. The molecule has 112 heavy (non-hydrogen) atoms. The van der Waals surface area contributed by atoms with Crippen LogP contribution in [0.5, 0.6) is 5.75 Å². The zero-order chi connectivity index (χ0) is 83.1. The molecule has 0 unspecified atom stereocenters. The molecule has 0 spiro atoms. The Morgan fingerprint density at radius 3 is 0.429 bits per heavy atom. The normalized spacial score (nSPS) is 14.2. The fourth-order valence-electron chi connectivity index (χ4n) is 13.1. The first-order valence-corrected chi connectivity index (χ1v) is 45.8. The van der Waals surface area contributed by atoms with E-state index in [0.29, 0.717) is 0 Å². The Bertz CT molecular complexity index is 2890. The van der Waals surface area contributed by atoms with Crippen molar-refractivity contribution in [2.75, 3.05) is 6.61 Å². The van der Waals surface area contributed by atoms with E-state index in [2.05, 4.69) is 354 Å². The Labute approximate surface area is 696 Å². The van der Waals surface area contributed by atoms with Crippen molar-refractivity contribution in [1.29, 1.82) is 0 Å². The highest BCUT2D eigenvalue weighted by Crippen LogP contribution is 2.27. The Hall–Kier alpha value is -6.44. The molecule has 0 radical (unpaired) electrons. The predicted molar refractivity (Wildman–Crippen MR) is 506 cm³/mol. The van der Waals surface area contributed by atoms with E-state index in [1.165, 1.54) is 198 Å². The molecular formula is C111H174O. The highest BCUT2D eigenvalue weighted by atomic mass is 16.5. The molecule has 16 rings (SSSR count). The van der Waals surface area contributed by atoms with Crippen molar-refractivity contribution < 1.29 is 4.74 Å². The lowest BCUT2D eigenvalue weighted by Gasteiger charge is -2.13. The molecule has 0 N–H and O–H groups in total. The monoisotopic (exact) mass is 1520 g/mol. The highest BCUT2D eigenvalue weighted by molar-refractivity contribution is 5.36. The van der Waals surface area contributed by atoms with Gasteiger partial charge in [0, 0.05) is 0 Å². The Morgan fingerprint density at radius 2 is 0.259 bits per heavy atom. The summed E-state index contributed by atoms with van der Waals surface area (Å²) in [4.78, 5) is 0. The van der Waals surface area contributed by atoms with E-state index in [4.69, 9.17) is 4.74 Å². The number of para-hydroxylation sites is 1. The minimum absolute atomic E-state index is 0.833. The number of fused-ring (bicyclic) bond motifs is 8. The number of benzene rings is 8. The fourth-order valence-corrected chi connectivity index (χ4v) is 13.1. The SMILES string of the molecule is CC(C)C.CC(C)C.CC(C)C.CC(C)C.CC(C)C.CC(C)C.CC(C)C.CC(C)C.c1ccc2c(c1)CCC2.c1ccc2c(c1)CCC2.c1ccc2c(c1)CCC2.c1ccc2c(c1)CCCC2.c1ccc2c(c1)CCCC2.c1ccc2c(c1)CCCCC2.c1ccc2c(c1)CCCCC2.c1ccc2c(c1)CCCCO2. The molecule has 0 bridgehead atoms. The Morgan fingerprint density at radius 1 is 0.143 bits per heavy atom. The van der Waals surface area contributed by atoms with Gasteiger partial charge in [-0.1, -0.05) is 367 Å². The molecular weight excluding hydrogens is 1350 g/mol. The Kier molecular flexibility index (Phi) is 61.8. The predicted octanol–water partition coefficient (Wildman–Crippen LogP) is 33.3. The van der Waals surface area contributed by atoms with Gasteiger partial charge in [0.25, 0.3) is 0 Å². The summed E-state index contributed by atoms with van der Waals surface area (Å²) in [7, 11) is 0. The molecule has 0 aromatic heterocycles. The van der Waals surface area contributed by atoms with Crippen LogP contribution in [0.3, 0.4) is 0 Å². The molecule has 1 nitrogen and oxygen atoms in total. The number of hydrogen-bond donors (Lipinski definition) is 0. The maximum absolute atomic E-state index is 5.55. The van der Waals surface area contributed by atoms with E-state index >= 15 is 0 Å². The molecule has 0 fully saturated rings. The molecule has 8 aliphatic rings. The number of ether oxygens (including phenoxy) is 1. The van der Waals surface area contributed by atoms with Crippen molar-refractivity contribution in [3.05, 3.63) is 278 Å². The fraction of sp³-hybridized carbons (Fsp3) is 0.568. The van der Waals surface area contributed by atoms with Crippen LogP contribution in [-0.2, 0) is 96.3 Å². The Balaban J connectivity index is 0.000000608. The summed E-state index contributed by atoms with van der Waals surface area (Å²) in [5.74, 6) is 7.75. The molecule has 0 saturated heterocycles. The zero-order valence-corrected chi connectivity index (χ0v) is 77.4. The van der Waals surface area contributed by atoms with Gasteiger partial charge in [0.05, 0.1) is 6.61 Å². The summed E-state index contributed by atoms with van der Waals surface area (Å²) in [5, 5.41) is 0. The van der Waals surface area contributed by atoms with Gasteiger partial charge >= 0.3 is 0 Å². The first kappa shape index (κ1) is 104. The van der Waals surface area contributed by atoms with E-state index < -0.39 is 0 Å². The van der Waals surface area contributed by atoms with Gasteiger partial charge in [0.15, 0.2) is 0 Å². The highest BCUT2D eigenvalue weighted by Gasteiger charge is 2.13. The van der Waals surface area contributed by atoms with Crippen LogP contribution < -0.4 is 4.74 Å². The molecule has 624 valence electrons. The van der Waals surface area contributed by atoms with Crippen LogP contribution in [0, 0.1) is 47.3 Å². The van der Waals surface area contributed by atoms with E-state index in [1.807, 2.05) is 6.07 Å². The second-order valence-electron chi connectivity index (χ2n) is 37.2. The second kappa shape index (κ2) is 66.8. The van der Waals surface area contributed by atoms with Crippen LogP contribution >= 0.6 is 0 Å². The number of rotatable bonds is 0. The first-order valence-electron chi connectivity index (χ1n) is 45.8. The summed E-state index contributed by atoms with van der Waals surface area (Å²) in [5.41, 5.74) is 23.4. The van der Waals surface area contributed by atoms with Gasteiger partial charge in [-0.2, -0.15) is 0 Å². The van der Waals surface area contributed by atoms with E-state index in [0.717, 1.165) is 59.7 Å². The van der Waals surface area contributed by atoms with Crippen molar-refractivity contribution in [3.8, 4) is 5.75 Å². The van der Waals surface area contributed by atoms with Gasteiger partial charge in [-0.15, -0.1) is 0 Å². The van der Waals surface area contributed by atoms with Crippen LogP contribution in [0.15, 0.2) is 194 Å². The van der Waals surface area contributed by atoms with Crippen LogP contribution in [0.1, 0.15) is 346 Å². The molecule has 1 heteroatoms. The lowest BCUT2D eigenvalue weighted by Crippen LogP contribution is -2.00. The molecule has 8 aromatic carbocycles. The minimum Gasteiger partial charge on any atom is -0.493 e. The summed E-state index contributed by atoms with van der Waals surface area (Å²) < 4.78 is 5.55. The molecule has 7 aliphatic carbocycles. The third-order valence-electron chi connectivity index (χ3n) is 17.6. The first-order chi connectivity index (χ1) is 53.6. The van der Waals surface area contributed by atoms with Crippen LogP contribution in [0.25, 0.3) is 0 Å². The van der Waals surface area contributed by atoms with Gasteiger partial charge < -0.3 is 4.74 Å². The van der Waals surface area contributed by atoms with Crippen molar-refractivity contribution in [3.63, 3.8) is 0 Å². The van der Waals surface area contributed by atoms with Gasteiger partial charge in [-0.25, -0.2) is 0 Å². The third kappa shape index (κ3) is 57.6. The molecule has 0 amide bonds. The zero-order valence-electron chi connectivity index (χ0n) is 77.4. The van der Waals surface area contributed by atoms with Crippen molar-refractivity contribution in [1.82, 2.24) is 0 Å². The number of hydrogen-bond acceptors (Lipinski definition) is 1. The van der Waals surface area contributed by atoms with Gasteiger partial charge in [0.2, 0.25) is 0 Å². The summed E-state index contributed by atoms with van der Waals surface area (Å²) >= 11 is 0. The average Bonchev–Trinajstić information content (AvgIpc) is 1.85. The van der Waals surface area contributed by atoms with E-state index in [9.17, 15) is 0 Å².